The minimum Gasteiger partial charge on any atom is -0.468 e. The molecule has 4 atom stereocenters. The Bertz CT molecular complexity index is 327. The second-order valence-electron chi connectivity index (χ2n) is 6.11. The molecule has 0 radical (unpaired) electrons. The van der Waals surface area contributed by atoms with Crippen LogP contribution in [0, 0.1) is 0 Å². The van der Waals surface area contributed by atoms with E-state index < -0.39 is 5.54 Å². The van der Waals surface area contributed by atoms with Gasteiger partial charge in [0.25, 0.3) is 0 Å². The van der Waals surface area contributed by atoms with Crippen molar-refractivity contribution in [3.05, 3.63) is 0 Å². The minimum atomic E-state index is -0.803. The number of carbonyl (C=O) groups excluding carboxylic acids is 1. The average Bonchev–Trinajstić information content (AvgIpc) is 2.36. The van der Waals surface area contributed by atoms with E-state index in [0.29, 0.717) is 12.5 Å². The molecule has 110 valence electrons. The topological polar surface area (TPSA) is 64.8 Å². The second kappa shape index (κ2) is 5.77. The van der Waals surface area contributed by atoms with Gasteiger partial charge in [0, 0.05) is 19.1 Å². The molecule has 0 aromatic carbocycles. The second-order valence-corrected chi connectivity index (χ2v) is 6.11. The molecule has 1 aliphatic carbocycles. The van der Waals surface area contributed by atoms with Crippen LogP contribution < -0.4 is 5.73 Å². The average molecular weight is 270 g/mol. The number of carbonyl (C=O) groups is 1. The first-order valence-corrected chi connectivity index (χ1v) is 7.21. The Balaban J connectivity index is 2.02. The van der Waals surface area contributed by atoms with Crippen molar-refractivity contribution in [2.45, 2.75) is 63.3 Å². The Morgan fingerprint density at radius 3 is 2.58 bits per heavy atom. The van der Waals surface area contributed by atoms with Gasteiger partial charge >= 0.3 is 5.97 Å². The molecule has 1 aliphatic heterocycles. The van der Waals surface area contributed by atoms with Crippen molar-refractivity contribution in [3.63, 3.8) is 0 Å². The lowest BCUT2D eigenvalue weighted by atomic mass is 9.79. The van der Waals surface area contributed by atoms with Gasteiger partial charge in [0.05, 0.1) is 19.3 Å². The van der Waals surface area contributed by atoms with Gasteiger partial charge in [0.1, 0.15) is 5.54 Å². The van der Waals surface area contributed by atoms with E-state index in [0.717, 1.165) is 32.4 Å². The molecule has 0 aromatic heterocycles. The maximum Gasteiger partial charge on any atom is 0.325 e. The largest absolute Gasteiger partial charge is 0.468 e. The van der Waals surface area contributed by atoms with Gasteiger partial charge in [-0.25, -0.2) is 0 Å². The third kappa shape index (κ3) is 3.27. The molecule has 19 heavy (non-hydrogen) atoms. The fourth-order valence-corrected chi connectivity index (χ4v) is 3.49. The van der Waals surface area contributed by atoms with Gasteiger partial charge in [-0.15, -0.1) is 0 Å². The van der Waals surface area contributed by atoms with Gasteiger partial charge in [-0.2, -0.15) is 0 Å². The third-order valence-corrected chi connectivity index (χ3v) is 4.32. The number of hydrogen-bond donors (Lipinski definition) is 1. The Hall–Kier alpha value is -0.650. The molecule has 2 unspecified atom stereocenters. The van der Waals surface area contributed by atoms with E-state index in [4.69, 9.17) is 15.2 Å². The van der Waals surface area contributed by atoms with E-state index in [1.807, 2.05) is 0 Å². The van der Waals surface area contributed by atoms with E-state index in [9.17, 15) is 4.79 Å². The summed E-state index contributed by atoms with van der Waals surface area (Å²) in [5, 5.41) is 0. The number of nitrogens with two attached hydrogens (primary N) is 1. The lowest BCUT2D eigenvalue weighted by molar-refractivity contribution is -0.150. The van der Waals surface area contributed by atoms with Crippen LogP contribution in [0.1, 0.15) is 39.5 Å². The molecule has 0 amide bonds. The number of nitrogens with zero attached hydrogens (tertiary/aromatic N) is 1. The molecule has 5 heteroatoms. The summed E-state index contributed by atoms with van der Waals surface area (Å²) in [5.41, 5.74) is 5.44. The van der Waals surface area contributed by atoms with Crippen LogP contribution in [-0.4, -0.2) is 54.9 Å². The quantitative estimate of drug-likeness (QED) is 0.756. The molecule has 0 bridgehead atoms. The van der Waals surface area contributed by atoms with Gasteiger partial charge in [0.15, 0.2) is 0 Å². The Kier molecular flexibility index (Phi) is 4.48. The summed E-state index contributed by atoms with van der Waals surface area (Å²) in [5.74, 6) is -0.272. The van der Waals surface area contributed by atoms with E-state index in [2.05, 4.69) is 18.7 Å². The number of esters is 1. The third-order valence-electron chi connectivity index (χ3n) is 4.32. The molecule has 2 N–H and O–H groups in total. The van der Waals surface area contributed by atoms with Crippen molar-refractivity contribution in [1.82, 2.24) is 4.90 Å². The highest BCUT2D eigenvalue weighted by Crippen LogP contribution is 2.31. The number of hydrogen-bond acceptors (Lipinski definition) is 5. The summed E-state index contributed by atoms with van der Waals surface area (Å²) in [6, 6.07) is 0.367. The summed E-state index contributed by atoms with van der Waals surface area (Å²) in [4.78, 5) is 14.3. The Morgan fingerprint density at radius 2 is 2.00 bits per heavy atom. The Morgan fingerprint density at radius 1 is 1.37 bits per heavy atom. The number of morpholine rings is 1. The molecule has 1 saturated carbocycles. The molecule has 1 heterocycles. The number of ether oxygens (including phenoxy) is 2. The highest BCUT2D eigenvalue weighted by atomic mass is 16.5. The zero-order valence-electron chi connectivity index (χ0n) is 12.2. The van der Waals surface area contributed by atoms with Gasteiger partial charge in [-0.1, -0.05) is 0 Å². The maximum absolute atomic E-state index is 11.9. The van der Waals surface area contributed by atoms with Gasteiger partial charge < -0.3 is 15.2 Å². The fraction of sp³-hybridized carbons (Fsp3) is 0.929. The molecule has 0 aromatic rings. The lowest BCUT2D eigenvalue weighted by Gasteiger charge is -2.45. The SMILES string of the molecule is COC(=O)C1(N)CCCC(N2C[C@@H](C)O[C@@H](C)C2)C1. The van der Waals surface area contributed by atoms with Crippen LogP contribution in [0.2, 0.25) is 0 Å². The zero-order chi connectivity index (χ0) is 14.0. The predicted molar refractivity (Wildman–Crippen MR) is 72.8 cm³/mol. The van der Waals surface area contributed by atoms with Crippen molar-refractivity contribution in [2.75, 3.05) is 20.2 Å². The van der Waals surface area contributed by atoms with E-state index in [-0.39, 0.29) is 18.2 Å². The van der Waals surface area contributed by atoms with Gasteiger partial charge in [-0.3, -0.25) is 9.69 Å². The molecule has 2 fully saturated rings. The van der Waals surface area contributed by atoms with Crippen molar-refractivity contribution >= 4 is 5.97 Å². The highest BCUT2D eigenvalue weighted by Gasteiger charge is 2.42. The van der Waals surface area contributed by atoms with Crippen molar-refractivity contribution in [1.29, 1.82) is 0 Å². The van der Waals surface area contributed by atoms with Crippen LogP contribution in [0.15, 0.2) is 0 Å². The van der Waals surface area contributed by atoms with Crippen LogP contribution in [0.4, 0.5) is 0 Å². The van der Waals surface area contributed by atoms with Crippen molar-refractivity contribution < 1.29 is 14.3 Å². The summed E-state index contributed by atoms with van der Waals surface area (Å²) in [7, 11) is 1.42. The van der Waals surface area contributed by atoms with Gasteiger partial charge in [0.2, 0.25) is 0 Å². The van der Waals surface area contributed by atoms with Crippen molar-refractivity contribution in [3.8, 4) is 0 Å². The van der Waals surface area contributed by atoms with Crippen molar-refractivity contribution in [2.24, 2.45) is 5.73 Å². The molecule has 0 spiro atoms. The smallest absolute Gasteiger partial charge is 0.325 e. The number of methoxy groups -OCH3 is 1. The summed E-state index contributed by atoms with van der Waals surface area (Å²) >= 11 is 0. The van der Waals surface area contributed by atoms with E-state index in [1.54, 1.807) is 0 Å². The molecular formula is C14H26N2O3. The zero-order valence-corrected chi connectivity index (χ0v) is 12.2. The predicted octanol–water partition coefficient (Wildman–Crippen LogP) is 0.909. The molecule has 2 rings (SSSR count). The molecular weight excluding hydrogens is 244 g/mol. The molecule has 1 saturated heterocycles. The fourth-order valence-electron chi connectivity index (χ4n) is 3.49. The van der Waals surface area contributed by atoms with Crippen LogP contribution in [0.5, 0.6) is 0 Å². The van der Waals surface area contributed by atoms with Crippen LogP contribution in [0.3, 0.4) is 0 Å². The van der Waals surface area contributed by atoms with Crippen LogP contribution >= 0.6 is 0 Å². The minimum absolute atomic E-state index is 0.246. The van der Waals surface area contributed by atoms with Crippen LogP contribution in [0.25, 0.3) is 0 Å². The summed E-state index contributed by atoms with van der Waals surface area (Å²) in [6.45, 7) is 6.04. The Labute approximate surface area is 115 Å². The standard InChI is InChI=1S/C14H26N2O3/c1-10-8-16(9-11(2)19-10)12-5-4-6-14(15,7-12)13(17)18-3/h10-12H,4-9,15H2,1-3H3/t10-,11+,12?,14?. The van der Waals surface area contributed by atoms with E-state index in [1.165, 1.54) is 7.11 Å². The molecule has 5 nitrogen and oxygen atoms in total. The van der Waals surface area contributed by atoms with E-state index >= 15 is 0 Å². The lowest BCUT2D eigenvalue weighted by Crippen LogP contribution is -2.59. The van der Waals surface area contributed by atoms with Crippen LogP contribution in [-0.2, 0) is 14.3 Å². The highest BCUT2D eigenvalue weighted by molar-refractivity contribution is 5.80. The first-order chi connectivity index (χ1) is 8.94. The first-order valence-electron chi connectivity index (χ1n) is 7.21. The first kappa shape index (κ1) is 14.8. The summed E-state index contributed by atoms with van der Waals surface area (Å²) in [6.07, 6.45) is 4.00. The summed E-state index contributed by atoms with van der Waals surface area (Å²) < 4.78 is 10.6. The van der Waals surface area contributed by atoms with Gasteiger partial charge in [-0.05, 0) is 39.5 Å². The monoisotopic (exact) mass is 270 g/mol. The molecule has 2 aliphatic rings. The number of rotatable bonds is 2. The normalized spacial score (nSPS) is 40.9. The maximum atomic E-state index is 11.9.